The second kappa shape index (κ2) is 10.3. The summed E-state index contributed by atoms with van der Waals surface area (Å²) in [4.78, 5) is 14.2. The molecule has 0 spiro atoms. The number of hydrogen-bond donors (Lipinski definition) is 1. The van der Waals surface area contributed by atoms with Crippen LogP contribution in [0.1, 0.15) is 12.5 Å². The number of morpholine rings is 1. The molecule has 0 bridgehead atoms. The van der Waals surface area contributed by atoms with Gasteiger partial charge in [-0.3, -0.25) is 4.79 Å². The lowest BCUT2D eigenvalue weighted by Crippen LogP contribution is -2.36. The number of carbonyl (C=O) groups excluding carboxylic acids is 1. The molecule has 0 saturated carbocycles. The molecule has 158 valence electrons. The van der Waals surface area contributed by atoms with Gasteiger partial charge >= 0.3 is 0 Å². The van der Waals surface area contributed by atoms with Gasteiger partial charge in [0.2, 0.25) is 0 Å². The minimum absolute atomic E-state index is 0.308. The van der Waals surface area contributed by atoms with E-state index < -0.39 is 11.7 Å². The molecule has 2 aromatic carbocycles. The zero-order valence-electron chi connectivity index (χ0n) is 16.4. The summed E-state index contributed by atoms with van der Waals surface area (Å²) in [5, 5.41) is 11.7. The molecule has 0 aliphatic carbocycles. The molecule has 1 aliphatic rings. The Morgan fingerprint density at radius 3 is 2.73 bits per heavy atom. The van der Waals surface area contributed by atoms with Crippen molar-refractivity contribution >= 4 is 33.2 Å². The van der Waals surface area contributed by atoms with Gasteiger partial charge in [-0.1, -0.05) is 0 Å². The SMILES string of the molecule is CCOc1cc(C#N)cc(Br)c1OCC(=O)Nc1ccc(N2CCOCC2)c(F)c1. The van der Waals surface area contributed by atoms with Crippen LogP contribution in [0.3, 0.4) is 0 Å². The van der Waals surface area contributed by atoms with Crippen molar-refractivity contribution in [1.82, 2.24) is 0 Å². The summed E-state index contributed by atoms with van der Waals surface area (Å²) < 4.78 is 31.4. The van der Waals surface area contributed by atoms with Gasteiger partial charge in [0.05, 0.1) is 41.6 Å². The standard InChI is InChI=1S/C21H21BrFN3O4/c1-2-29-19-10-14(12-24)9-16(22)21(19)30-13-20(27)25-15-3-4-18(17(23)11-15)26-5-7-28-8-6-26/h3-4,9-11H,2,5-8,13H2,1H3,(H,25,27). The lowest BCUT2D eigenvalue weighted by molar-refractivity contribution is -0.118. The van der Waals surface area contributed by atoms with Gasteiger partial charge in [-0.15, -0.1) is 0 Å². The van der Waals surface area contributed by atoms with E-state index in [1.54, 1.807) is 31.2 Å². The number of nitrogens with zero attached hydrogens (tertiary/aromatic N) is 2. The summed E-state index contributed by atoms with van der Waals surface area (Å²) >= 11 is 3.33. The molecule has 1 amide bonds. The number of halogens is 2. The monoisotopic (exact) mass is 477 g/mol. The molecule has 1 N–H and O–H groups in total. The van der Waals surface area contributed by atoms with Crippen LogP contribution in [-0.2, 0) is 9.53 Å². The fraction of sp³-hybridized carbons (Fsp3) is 0.333. The van der Waals surface area contributed by atoms with E-state index in [9.17, 15) is 9.18 Å². The van der Waals surface area contributed by atoms with Crippen molar-refractivity contribution in [2.45, 2.75) is 6.92 Å². The highest BCUT2D eigenvalue weighted by molar-refractivity contribution is 9.10. The van der Waals surface area contributed by atoms with Crippen LogP contribution < -0.4 is 19.7 Å². The quantitative estimate of drug-likeness (QED) is 0.654. The molecule has 30 heavy (non-hydrogen) atoms. The molecule has 1 saturated heterocycles. The van der Waals surface area contributed by atoms with Crippen molar-refractivity contribution in [2.24, 2.45) is 0 Å². The summed E-state index contributed by atoms with van der Waals surface area (Å²) in [6.45, 7) is 4.23. The molecule has 0 atom stereocenters. The Hall–Kier alpha value is -2.83. The van der Waals surface area contributed by atoms with E-state index >= 15 is 0 Å². The maximum absolute atomic E-state index is 14.5. The first-order valence-electron chi connectivity index (χ1n) is 9.43. The fourth-order valence-electron chi connectivity index (χ4n) is 3.02. The van der Waals surface area contributed by atoms with E-state index in [4.69, 9.17) is 19.5 Å². The molecular formula is C21H21BrFN3O4. The van der Waals surface area contributed by atoms with Crippen molar-refractivity contribution in [3.05, 3.63) is 46.2 Å². The van der Waals surface area contributed by atoms with E-state index in [1.165, 1.54) is 6.07 Å². The summed E-state index contributed by atoms with van der Waals surface area (Å²) in [6, 6.07) is 9.73. The summed E-state index contributed by atoms with van der Waals surface area (Å²) in [5.41, 5.74) is 1.22. The molecule has 7 nitrogen and oxygen atoms in total. The molecule has 0 unspecified atom stereocenters. The Labute approximate surface area is 182 Å². The van der Waals surface area contributed by atoms with Crippen LogP contribution in [0.25, 0.3) is 0 Å². The van der Waals surface area contributed by atoms with Gasteiger partial charge < -0.3 is 24.4 Å². The predicted molar refractivity (Wildman–Crippen MR) is 114 cm³/mol. The number of amides is 1. The summed E-state index contributed by atoms with van der Waals surface area (Å²) in [7, 11) is 0. The zero-order chi connectivity index (χ0) is 21.5. The second-order valence-corrected chi connectivity index (χ2v) is 7.29. The second-order valence-electron chi connectivity index (χ2n) is 6.43. The maximum atomic E-state index is 14.5. The van der Waals surface area contributed by atoms with E-state index in [0.29, 0.717) is 65.8 Å². The Kier molecular flexibility index (Phi) is 7.49. The van der Waals surface area contributed by atoms with Crippen LogP contribution in [0.4, 0.5) is 15.8 Å². The van der Waals surface area contributed by atoms with Gasteiger partial charge in [-0.25, -0.2) is 4.39 Å². The lowest BCUT2D eigenvalue weighted by Gasteiger charge is -2.29. The van der Waals surface area contributed by atoms with E-state index in [0.717, 1.165) is 0 Å². The predicted octanol–water partition coefficient (Wildman–Crippen LogP) is 3.71. The van der Waals surface area contributed by atoms with Gasteiger partial charge in [0.1, 0.15) is 5.82 Å². The summed E-state index contributed by atoms with van der Waals surface area (Å²) in [6.07, 6.45) is 0. The van der Waals surface area contributed by atoms with Crippen molar-refractivity contribution in [2.75, 3.05) is 49.7 Å². The van der Waals surface area contributed by atoms with Crippen molar-refractivity contribution in [3.8, 4) is 17.6 Å². The first-order valence-corrected chi connectivity index (χ1v) is 10.2. The van der Waals surface area contributed by atoms with Crippen molar-refractivity contribution < 1.29 is 23.4 Å². The molecule has 1 aliphatic heterocycles. The van der Waals surface area contributed by atoms with Crippen LogP contribution in [0.2, 0.25) is 0 Å². The molecule has 0 radical (unpaired) electrons. The number of carbonyl (C=O) groups is 1. The van der Waals surface area contributed by atoms with Crippen molar-refractivity contribution in [3.63, 3.8) is 0 Å². The van der Waals surface area contributed by atoms with Gasteiger partial charge in [-0.2, -0.15) is 5.26 Å². The van der Waals surface area contributed by atoms with Crippen LogP contribution in [0, 0.1) is 17.1 Å². The number of rotatable bonds is 7. The first-order chi connectivity index (χ1) is 14.5. The molecular weight excluding hydrogens is 457 g/mol. The fourth-order valence-corrected chi connectivity index (χ4v) is 3.57. The highest BCUT2D eigenvalue weighted by Gasteiger charge is 2.17. The largest absolute Gasteiger partial charge is 0.490 e. The smallest absolute Gasteiger partial charge is 0.262 e. The number of nitriles is 1. The maximum Gasteiger partial charge on any atom is 0.262 e. The van der Waals surface area contributed by atoms with Gasteiger partial charge in [0.15, 0.2) is 18.1 Å². The third-order valence-corrected chi connectivity index (χ3v) is 4.96. The van der Waals surface area contributed by atoms with Crippen LogP contribution in [-0.4, -0.2) is 45.4 Å². The highest BCUT2D eigenvalue weighted by atomic mass is 79.9. The molecule has 1 fully saturated rings. The average molecular weight is 478 g/mol. The Morgan fingerprint density at radius 2 is 2.07 bits per heavy atom. The Balaban J connectivity index is 1.64. The number of ether oxygens (including phenoxy) is 3. The van der Waals surface area contributed by atoms with E-state index in [1.807, 2.05) is 11.0 Å². The van der Waals surface area contributed by atoms with E-state index in [2.05, 4.69) is 21.2 Å². The number of hydrogen-bond acceptors (Lipinski definition) is 6. The zero-order valence-corrected chi connectivity index (χ0v) is 18.0. The van der Waals surface area contributed by atoms with Crippen LogP contribution in [0.5, 0.6) is 11.5 Å². The van der Waals surface area contributed by atoms with Gasteiger partial charge in [0, 0.05) is 24.8 Å². The third-order valence-electron chi connectivity index (χ3n) is 4.37. The molecule has 1 heterocycles. The average Bonchev–Trinajstić information content (AvgIpc) is 2.74. The van der Waals surface area contributed by atoms with E-state index in [-0.39, 0.29) is 6.61 Å². The number of anilines is 2. The lowest BCUT2D eigenvalue weighted by atomic mass is 10.2. The Bertz CT molecular complexity index is 958. The van der Waals surface area contributed by atoms with Crippen LogP contribution in [0.15, 0.2) is 34.8 Å². The van der Waals surface area contributed by atoms with Gasteiger partial charge in [0.25, 0.3) is 5.91 Å². The number of nitrogens with one attached hydrogen (secondary N) is 1. The van der Waals surface area contributed by atoms with Crippen LogP contribution >= 0.6 is 15.9 Å². The van der Waals surface area contributed by atoms with Gasteiger partial charge in [-0.05, 0) is 47.1 Å². The highest BCUT2D eigenvalue weighted by Crippen LogP contribution is 2.36. The molecule has 0 aromatic heterocycles. The summed E-state index contributed by atoms with van der Waals surface area (Å²) in [5.74, 6) is -0.187. The normalized spacial score (nSPS) is 13.5. The Morgan fingerprint density at radius 1 is 1.30 bits per heavy atom. The molecule has 2 aromatic rings. The topological polar surface area (TPSA) is 83.8 Å². The third kappa shape index (κ3) is 5.40. The molecule has 3 rings (SSSR count). The molecule has 9 heteroatoms. The first kappa shape index (κ1) is 21.9. The minimum atomic E-state index is -0.452. The number of benzene rings is 2. The van der Waals surface area contributed by atoms with Crippen molar-refractivity contribution in [1.29, 1.82) is 5.26 Å². The minimum Gasteiger partial charge on any atom is -0.490 e.